The topological polar surface area (TPSA) is 72.2 Å². The van der Waals surface area contributed by atoms with Gasteiger partial charge in [0.1, 0.15) is 5.52 Å². The van der Waals surface area contributed by atoms with E-state index < -0.39 is 0 Å². The van der Waals surface area contributed by atoms with Crippen LogP contribution in [0.5, 0.6) is 0 Å². The summed E-state index contributed by atoms with van der Waals surface area (Å²) in [6.07, 6.45) is 1.99. The lowest BCUT2D eigenvalue weighted by atomic mass is 9.97. The third-order valence-electron chi connectivity index (χ3n) is 5.17. The van der Waals surface area contributed by atoms with Crippen molar-refractivity contribution in [1.29, 1.82) is 0 Å². The van der Waals surface area contributed by atoms with Crippen molar-refractivity contribution in [3.63, 3.8) is 0 Å². The van der Waals surface area contributed by atoms with Crippen LogP contribution in [0.3, 0.4) is 0 Å². The molecule has 6 nitrogen and oxygen atoms in total. The van der Waals surface area contributed by atoms with E-state index in [0.717, 1.165) is 38.1 Å². The summed E-state index contributed by atoms with van der Waals surface area (Å²) in [4.78, 5) is 12.3. The van der Waals surface area contributed by atoms with E-state index in [1.165, 1.54) is 0 Å². The summed E-state index contributed by atoms with van der Waals surface area (Å²) in [7, 11) is 0. The fourth-order valence-corrected chi connectivity index (χ4v) is 3.70. The van der Waals surface area contributed by atoms with Crippen LogP contribution in [0.4, 0.5) is 0 Å². The molecule has 1 aromatic heterocycles. The van der Waals surface area contributed by atoms with Crippen LogP contribution in [-0.4, -0.2) is 27.1 Å². The zero-order valence-corrected chi connectivity index (χ0v) is 16.2. The Kier molecular flexibility index (Phi) is 4.65. The van der Waals surface area contributed by atoms with Crippen LogP contribution >= 0.6 is 0 Å². The summed E-state index contributed by atoms with van der Waals surface area (Å²) < 4.78 is 1.73. The van der Waals surface area contributed by atoms with Gasteiger partial charge in [-0.1, -0.05) is 65.9 Å². The molecule has 0 aliphatic heterocycles. The molecule has 146 valence electrons. The van der Waals surface area contributed by atoms with E-state index in [2.05, 4.69) is 51.2 Å². The van der Waals surface area contributed by atoms with E-state index in [9.17, 15) is 4.79 Å². The van der Waals surface area contributed by atoms with Gasteiger partial charge in [-0.05, 0) is 39.7 Å². The number of benzene rings is 4. The SMILES string of the molecule is O=C(CCn1nnc2ccccc21)N/N=C/c1c2ccccc2cc2ccccc12. The van der Waals surface area contributed by atoms with E-state index in [4.69, 9.17) is 0 Å². The Labute approximate surface area is 172 Å². The molecule has 6 heteroatoms. The van der Waals surface area contributed by atoms with Crippen molar-refractivity contribution in [3.8, 4) is 0 Å². The Bertz CT molecular complexity index is 1350. The fourth-order valence-electron chi connectivity index (χ4n) is 3.70. The second-order valence-electron chi connectivity index (χ2n) is 7.08. The van der Waals surface area contributed by atoms with E-state index in [1.807, 2.05) is 48.5 Å². The number of carbonyl (C=O) groups is 1. The van der Waals surface area contributed by atoms with Gasteiger partial charge in [-0.3, -0.25) is 4.79 Å². The van der Waals surface area contributed by atoms with Gasteiger partial charge in [0.25, 0.3) is 0 Å². The predicted molar refractivity (Wildman–Crippen MR) is 119 cm³/mol. The maximum absolute atomic E-state index is 12.3. The molecule has 0 saturated heterocycles. The number of para-hydroxylation sites is 1. The van der Waals surface area contributed by atoms with Crippen molar-refractivity contribution in [2.75, 3.05) is 0 Å². The lowest BCUT2D eigenvalue weighted by molar-refractivity contribution is -0.121. The summed E-state index contributed by atoms with van der Waals surface area (Å²) in [5, 5.41) is 16.9. The lowest BCUT2D eigenvalue weighted by Crippen LogP contribution is -2.19. The van der Waals surface area contributed by atoms with Gasteiger partial charge in [0.2, 0.25) is 5.91 Å². The van der Waals surface area contributed by atoms with E-state index in [-0.39, 0.29) is 12.3 Å². The van der Waals surface area contributed by atoms with Crippen LogP contribution in [0.15, 0.2) is 84.0 Å². The molecule has 1 heterocycles. The largest absolute Gasteiger partial charge is 0.273 e. The third-order valence-corrected chi connectivity index (χ3v) is 5.17. The number of amides is 1. The minimum atomic E-state index is -0.171. The van der Waals surface area contributed by atoms with Crippen molar-refractivity contribution in [2.45, 2.75) is 13.0 Å². The van der Waals surface area contributed by atoms with E-state index >= 15 is 0 Å². The highest BCUT2D eigenvalue weighted by Gasteiger charge is 2.07. The normalized spacial score (nSPS) is 11.6. The molecule has 0 spiro atoms. The lowest BCUT2D eigenvalue weighted by Gasteiger charge is -2.08. The standard InChI is InChI=1S/C24H19N5O/c30-24(13-14-29-23-12-6-5-11-22(23)26-28-29)27-25-16-21-19-9-3-1-7-17(19)15-18-8-2-4-10-20(18)21/h1-12,15-16H,13-14H2,(H,27,30)/b25-16+. The summed E-state index contributed by atoms with van der Waals surface area (Å²) in [5.74, 6) is -0.171. The molecule has 0 aliphatic rings. The Balaban J connectivity index is 1.34. The van der Waals surface area contributed by atoms with Gasteiger partial charge in [0.05, 0.1) is 18.3 Å². The molecular weight excluding hydrogens is 374 g/mol. The van der Waals surface area contributed by atoms with Gasteiger partial charge in [-0.25, -0.2) is 10.1 Å². The van der Waals surface area contributed by atoms with Crippen molar-refractivity contribution < 1.29 is 4.79 Å². The summed E-state index contributed by atoms with van der Waals surface area (Å²) in [6, 6.07) is 26.2. The third kappa shape index (κ3) is 3.39. The van der Waals surface area contributed by atoms with Crippen LogP contribution in [0.25, 0.3) is 32.6 Å². The number of aryl methyl sites for hydroxylation is 1. The number of hydrogen-bond acceptors (Lipinski definition) is 4. The van der Waals surface area contributed by atoms with Crippen LogP contribution in [0.2, 0.25) is 0 Å². The van der Waals surface area contributed by atoms with Crippen molar-refractivity contribution >= 4 is 44.7 Å². The molecule has 4 aromatic carbocycles. The van der Waals surface area contributed by atoms with Gasteiger partial charge in [-0.2, -0.15) is 5.10 Å². The monoisotopic (exact) mass is 393 g/mol. The van der Waals surface area contributed by atoms with Gasteiger partial charge >= 0.3 is 0 Å². The first kappa shape index (κ1) is 18.0. The Morgan fingerprint density at radius 2 is 1.60 bits per heavy atom. The van der Waals surface area contributed by atoms with Gasteiger partial charge in [0, 0.05) is 12.0 Å². The molecule has 0 aliphatic carbocycles. The van der Waals surface area contributed by atoms with Gasteiger partial charge in [0.15, 0.2) is 0 Å². The van der Waals surface area contributed by atoms with Crippen LogP contribution in [0, 0.1) is 0 Å². The Morgan fingerprint density at radius 1 is 0.933 bits per heavy atom. The van der Waals surface area contributed by atoms with Crippen LogP contribution < -0.4 is 5.43 Å². The molecule has 5 aromatic rings. The molecule has 0 unspecified atom stereocenters. The number of rotatable bonds is 5. The summed E-state index contributed by atoms with van der Waals surface area (Å²) >= 11 is 0. The number of fused-ring (bicyclic) bond motifs is 3. The first-order valence-corrected chi connectivity index (χ1v) is 9.80. The average Bonchev–Trinajstić information content (AvgIpc) is 3.20. The minimum absolute atomic E-state index is 0.171. The van der Waals surface area contributed by atoms with Crippen molar-refractivity contribution in [2.24, 2.45) is 5.10 Å². The molecule has 0 atom stereocenters. The maximum atomic E-state index is 12.3. The number of carbonyl (C=O) groups excluding carboxylic acids is 1. The zero-order chi connectivity index (χ0) is 20.3. The number of hydrazone groups is 1. The minimum Gasteiger partial charge on any atom is -0.273 e. The Hall–Kier alpha value is -4.06. The number of hydrogen-bond donors (Lipinski definition) is 1. The molecule has 0 radical (unpaired) electrons. The van der Waals surface area contributed by atoms with Crippen LogP contribution in [0.1, 0.15) is 12.0 Å². The molecule has 0 fully saturated rings. The number of nitrogens with zero attached hydrogens (tertiary/aromatic N) is 4. The smallest absolute Gasteiger partial charge is 0.241 e. The molecule has 5 rings (SSSR count). The van der Waals surface area contributed by atoms with Crippen LogP contribution in [-0.2, 0) is 11.3 Å². The highest BCUT2D eigenvalue weighted by atomic mass is 16.2. The highest BCUT2D eigenvalue weighted by molar-refractivity contribution is 6.13. The fraction of sp³-hybridized carbons (Fsp3) is 0.0833. The zero-order valence-electron chi connectivity index (χ0n) is 16.2. The summed E-state index contributed by atoms with van der Waals surface area (Å²) in [6.45, 7) is 0.444. The Morgan fingerprint density at radius 3 is 2.37 bits per heavy atom. The quantitative estimate of drug-likeness (QED) is 0.275. The molecular formula is C24H19N5O. The number of nitrogens with one attached hydrogen (secondary N) is 1. The van der Waals surface area contributed by atoms with Crippen molar-refractivity contribution in [3.05, 3.63) is 84.4 Å². The first-order valence-electron chi connectivity index (χ1n) is 9.80. The second kappa shape index (κ2) is 7.75. The molecule has 1 amide bonds. The van der Waals surface area contributed by atoms with Gasteiger partial charge in [-0.15, -0.1) is 5.10 Å². The average molecular weight is 393 g/mol. The second-order valence-corrected chi connectivity index (χ2v) is 7.08. The van der Waals surface area contributed by atoms with Crippen molar-refractivity contribution in [1.82, 2.24) is 20.4 Å². The molecule has 0 bridgehead atoms. The van der Waals surface area contributed by atoms with E-state index in [0.29, 0.717) is 6.54 Å². The molecule has 30 heavy (non-hydrogen) atoms. The van der Waals surface area contributed by atoms with E-state index in [1.54, 1.807) is 10.9 Å². The summed E-state index contributed by atoms with van der Waals surface area (Å²) in [5.41, 5.74) is 5.36. The highest BCUT2D eigenvalue weighted by Crippen LogP contribution is 2.27. The predicted octanol–water partition coefficient (Wildman–Crippen LogP) is 4.28. The van der Waals surface area contributed by atoms with Gasteiger partial charge < -0.3 is 0 Å². The molecule has 0 saturated carbocycles. The molecule has 1 N–H and O–H groups in total. The number of aromatic nitrogens is 3. The first-order chi connectivity index (χ1) is 14.8. The maximum Gasteiger partial charge on any atom is 0.241 e.